The predicted molar refractivity (Wildman–Crippen MR) is 64.3 cm³/mol. The molecule has 0 saturated heterocycles. The van der Waals surface area contributed by atoms with Crippen LogP contribution in [-0.4, -0.2) is 5.88 Å². The minimum atomic E-state index is 0.364. The lowest BCUT2D eigenvalue weighted by molar-refractivity contribution is 0.488. The van der Waals surface area contributed by atoms with E-state index in [0.29, 0.717) is 16.7 Å². The van der Waals surface area contributed by atoms with Crippen LogP contribution in [0.1, 0.15) is 32.1 Å². The molecule has 2 rings (SSSR count). The first-order valence-electron chi connectivity index (χ1n) is 5.21. The zero-order chi connectivity index (χ0) is 10.4. The second kappa shape index (κ2) is 3.24. The topological polar surface area (TPSA) is 0 Å². The quantitative estimate of drug-likeness (QED) is 0.677. The molecular weight excluding hydrogens is 212 g/mol. The second-order valence-electron chi connectivity index (χ2n) is 4.73. The van der Waals surface area contributed by atoms with E-state index in [2.05, 4.69) is 38.3 Å². The maximum absolute atomic E-state index is 6.07. The molecule has 0 nitrogen and oxygen atoms in total. The van der Waals surface area contributed by atoms with Crippen LogP contribution < -0.4 is 0 Å². The van der Waals surface area contributed by atoms with Crippen LogP contribution in [0.3, 0.4) is 0 Å². The zero-order valence-electron chi connectivity index (χ0n) is 9.01. The summed E-state index contributed by atoms with van der Waals surface area (Å²) in [5.74, 6) is 1.44. The van der Waals surface area contributed by atoms with Gasteiger partial charge in [-0.3, -0.25) is 0 Å². The number of thiophene rings is 1. The van der Waals surface area contributed by atoms with Gasteiger partial charge >= 0.3 is 0 Å². The van der Waals surface area contributed by atoms with Gasteiger partial charge in [0, 0.05) is 16.2 Å². The summed E-state index contributed by atoms with van der Waals surface area (Å²) >= 11 is 7.95. The maximum atomic E-state index is 6.07. The molecule has 0 aliphatic heterocycles. The number of hydrogen-bond acceptors (Lipinski definition) is 1. The normalized spacial score (nSPS) is 34.4. The van der Waals surface area contributed by atoms with Gasteiger partial charge in [0.2, 0.25) is 0 Å². The van der Waals surface area contributed by atoms with Gasteiger partial charge in [0.1, 0.15) is 0 Å². The molecule has 2 atom stereocenters. The van der Waals surface area contributed by atoms with E-state index in [0.717, 1.165) is 5.88 Å². The van der Waals surface area contributed by atoms with Gasteiger partial charge in [-0.2, -0.15) is 0 Å². The largest absolute Gasteiger partial charge is 0.148 e. The molecule has 1 aromatic heterocycles. The molecule has 78 valence electrons. The predicted octanol–water partition coefficient (Wildman–Crippen LogP) is 4.29. The van der Waals surface area contributed by atoms with Crippen molar-refractivity contribution in [2.24, 2.45) is 11.3 Å². The number of rotatable bonds is 3. The van der Waals surface area contributed by atoms with Crippen LogP contribution in [0.5, 0.6) is 0 Å². The van der Waals surface area contributed by atoms with Gasteiger partial charge in [0.25, 0.3) is 0 Å². The van der Waals surface area contributed by atoms with E-state index in [1.54, 1.807) is 0 Å². The first-order valence-corrected chi connectivity index (χ1v) is 6.62. The first-order chi connectivity index (χ1) is 6.61. The summed E-state index contributed by atoms with van der Waals surface area (Å²) in [4.78, 5) is 1.52. The third-order valence-electron chi connectivity index (χ3n) is 4.21. The van der Waals surface area contributed by atoms with Gasteiger partial charge < -0.3 is 0 Å². The van der Waals surface area contributed by atoms with Crippen molar-refractivity contribution in [1.82, 2.24) is 0 Å². The Hall–Kier alpha value is -0.0100. The van der Waals surface area contributed by atoms with Crippen LogP contribution in [0, 0.1) is 11.3 Å². The maximum Gasteiger partial charge on any atom is 0.0266 e. The molecule has 1 aromatic rings. The van der Waals surface area contributed by atoms with E-state index in [1.807, 2.05) is 11.3 Å². The van der Waals surface area contributed by atoms with E-state index in [1.165, 1.54) is 11.3 Å². The molecule has 0 bridgehead atoms. The highest BCUT2D eigenvalue weighted by Crippen LogP contribution is 2.72. The molecule has 1 fully saturated rings. The molecule has 1 heterocycles. The summed E-state index contributed by atoms with van der Waals surface area (Å²) in [6.45, 7) is 6.99. The average molecular weight is 229 g/mol. The lowest BCUT2D eigenvalue weighted by Crippen LogP contribution is -2.11. The van der Waals surface area contributed by atoms with Crippen LogP contribution in [-0.2, 0) is 5.41 Å². The van der Waals surface area contributed by atoms with Crippen molar-refractivity contribution in [2.75, 3.05) is 5.88 Å². The third kappa shape index (κ3) is 1.06. The lowest BCUT2D eigenvalue weighted by atomic mass is 9.91. The second-order valence-corrected chi connectivity index (χ2v) is 5.99. The summed E-state index contributed by atoms with van der Waals surface area (Å²) in [6.07, 6.45) is 1.21. The summed E-state index contributed by atoms with van der Waals surface area (Å²) in [5.41, 5.74) is 0.747. The van der Waals surface area contributed by atoms with Crippen LogP contribution in [0.2, 0.25) is 0 Å². The van der Waals surface area contributed by atoms with Gasteiger partial charge in [-0.25, -0.2) is 0 Å². The highest BCUT2D eigenvalue weighted by atomic mass is 35.5. The molecule has 0 aromatic carbocycles. The van der Waals surface area contributed by atoms with Crippen molar-refractivity contribution in [3.05, 3.63) is 22.4 Å². The van der Waals surface area contributed by atoms with Crippen LogP contribution >= 0.6 is 22.9 Å². The van der Waals surface area contributed by atoms with Gasteiger partial charge in [-0.05, 0) is 29.2 Å². The molecule has 2 unspecified atom stereocenters. The Kier molecular flexibility index (Phi) is 2.43. The standard InChI is InChI=1S/C12H17ClS/c1-4-12(10-6-5-7-14-10)9(8-13)11(12,2)3/h5-7,9H,4,8H2,1-3H3. The highest BCUT2D eigenvalue weighted by Gasteiger charge is 2.70. The fourth-order valence-corrected chi connectivity index (χ4v) is 5.06. The Morgan fingerprint density at radius 3 is 2.57 bits per heavy atom. The fourth-order valence-electron chi connectivity index (χ4n) is 3.19. The van der Waals surface area contributed by atoms with Gasteiger partial charge in [-0.1, -0.05) is 26.8 Å². The van der Waals surface area contributed by atoms with Gasteiger partial charge in [-0.15, -0.1) is 22.9 Å². The molecule has 0 N–H and O–H groups in total. The first kappa shape index (κ1) is 10.5. The number of halogens is 1. The fraction of sp³-hybridized carbons (Fsp3) is 0.667. The number of hydrogen-bond donors (Lipinski definition) is 0. The van der Waals surface area contributed by atoms with Gasteiger partial charge in [0.05, 0.1) is 0 Å². The molecule has 0 spiro atoms. The average Bonchev–Trinajstić information content (AvgIpc) is 2.60. The van der Waals surface area contributed by atoms with E-state index in [4.69, 9.17) is 11.6 Å². The lowest BCUT2D eigenvalue weighted by Gasteiger charge is -2.16. The molecular formula is C12H17ClS. The zero-order valence-corrected chi connectivity index (χ0v) is 10.6. The van der Waals surface area contributed by atoms with E-state index < -0.39 is 0 Å². The highest BCUT2D eigenvalue weighted by molar-refractivity contribution is 7.10. The third-order valence-corrected chi connectivity index (χ3v) is 5.56. The van der Waals surface area contributed by atoms with Gasteiger partial charge in [0.15, 0.2) is 0 Å². The smallest absolute Gasteiger partial charge is 0.0266 e. The SMILES string of the molecule is CCC1(c2cccs2)C(CCl)C1(C)C. The molecule has 0 radical (unpaired) electrons. The van der Waals surface area contributed by atoms with E-state index in [-0.39, 0.29) is 0 Å². The molecule has 1 aliphatic rings. The summed E-state index contributed by atoms with van der Waals surface area (Å²) in [5, 5.41) is 2.17. The monoisotopic (exact) mass is 228 g/mol. The molecule has 0 amide bonds. The van der Waals surface area contributed by atoms with Crippen LogP contribution in [0.4, 0.5) is 0 Å². The molecule has 14 heavy (non-hydrogen) atoms. The summed E-state index contributed by atoms with van der Waals surface area (Å²) in [6, 6.07) is 4.42. The Balaban J connectivity index is 2.39. The van der Waals surface area contributed by atoms with Crippen molar-refractivity contribution in [3.8, 4) is 0 Å². The molecule has 1 aliphatic carbocycles. The summed E-state index contributed by atoms with van der Waals surface area (Å²) < 4.78 is 0. The van der Waals surface area contributed by atoms with Crippen LogP contribution in [0.25, 0.3) is 0 Å². The Labute approximate surface area is 95.3 Å². The minimum Gasteiger partial charge on any atom is -0.148 e. The summed E-state index contributed by atoms with van der Waals surface area (Å²) in [7, 11) is 0. The Bertz CT molecular complexity index is 315. The number of alkyl halides is 1. The van der Waals surface area contributed by atoms with Crippen LogP contribution in [0.15, 0.2) is 17.5 Å². The Morgan fingerprint density at radius 1 is 1.50 bits per heavy atom. The molecule has 1 saturated carbocycles. The molecule has 2 heteroatoms. The van der Waals surface area contributed by atoms with Crippen molar-refractivity contribution in [2.45, 2.75) is 32.6 Å². The Morgan fingerprint density at radius 2 is 2.21 bits per heavy atom. The van der Waals surface area contributed by atoms with Crippen molar-refractivity contribution >= 4 is 22.9 Å². The van der Waals surface area contributed by atoms with E-state index >= 15 is 0 Å². The van der Waals surface area contributed by atoms with Crippen molar-refractivity contribution < 1.29 is 0 Å². The minimum absolute atomic E-state index is 0.364. The van der Waals surface area contributed by atoms with Crippen molar-refractivity contribution in [1.29, 1.82) is 0 Å². The van der Waals surface area contributed by atoms with E-state index in [9.17, 15) is 0 Å². The van der Waals surface area contributed by atoms with Crippen molar-refractivity contribution in [3.63, 3.8) is 0 Å².